The first-order valence-corrected chi connectivity index (χ1v) is 4.14. The summed E-state index contributed by atoms with van der Waals surface area (Å²) in [6.07, 6.45) is -3.06. The van der Waals surface area contributed by atoms with Gasteiger partial charge in [0.2, 0.25) is 0 Å². The van der Waals surface area contributed by atoms with Gasteiger partial charge in [0.25, 0.3) is 6.43 Å². The fourth-order valence-electron chi connectivity index (χ4n) is 0.933. The van der Waals surface area contributed by atoms with Crippen LogP contribution in [0.4, 0.5) is 13.2 Å². The Hall–Kier alpha value is -1.30. The molecule has 0 aromatic carbocycles. The van der Waals surface area contributed by atoms with Crippen LogP contribution in [0.25, 0.3) is 0 Å². The van der Waals surface area contributed by atoms with Gasteiger partial charge in [-0.3, -0.25) is 9.78 Å². The first-order valence-electron chi connectivity index (χ1n) is 3.76. The zero-order valence-corrected chi connectivity index (χ0v) is 7.93. The van der Waals surface area contributed by atoms with Crippen LogP contribution >= 0.6 is 11.6 Å². The number of rotatable bonds is 3. The van der Waals surface area contributed by atoms with Gasteiger partial charge in [-0.15, -0.1) is 0 Å². The third-order valence-corrected chi connectivity index (χ3v) is 2.00. The molecule has 0 spiro atoms. The van der Waals surface area contributed by atoms with Crippen LogP contribution in [0.3, 0.4) is 0 Å². The van der Waals surface area contributed by atoms with Gasteiger partial charge in [0, 0.05) is 6.20 Å². The molecule has 0 atom stereocenters. The molecule has 0 radical (unpaired) electrons. The average Bonchev–Trinajstić information content (AvgIpc) is 2.12. The Labute approximate surface area is 87.5 Å². The number of aliphatic carboxylic acids is 1. The van der Waals surface area contributed by atoms with Gasteiger partial charge in [0.05, 0.1) is 22.7 Å². The average molecular weight is 240 g/mol. The molecular weight excluding hydrogens is 235 g/mol. The number of nitrogens with zero attached hydrogens (tertiary/aromatic N) is 1. The van der Waals surface area contributed by atoms with Gasteiger partial charge >= 0.3 is 5.97 Å². The van der Waals surface area contributed by atoms with Crippen LogP contribution in [0.2, 0.25) is 5.02 Å². The van der Waals surface area contributed by atoms with Gasteiger partial charge in [0.15, 0.2) is 5.82 Å². The number of pyridine rings is 1. The molecule has 82 valence electrons. The molecule has 1 aromatic rings. The van der Waals surface area contributed by atoms with Gasteiger partial charge in [-0.25, -0.2) is 13.2 Å². The lowest BCUT2D eigenvalue weighted by Gasteiger charge is -2.06. The molecule has 0 unspecified atom stereocenters. The largest absolute Gasteiger partial charge is 0.481 e. The minimum atomic E-state index is -3.03. The maximum absolute atomic E-state index is 13.1. The van der Waals surface area contributed by atoms with Crippen LogP contribution < -0.4 is 0 Å². The van der Waals surface area contributed by atoms with E-state index in [9.17, 15) is 18.0 Å². The van der Waals surface area contributed by atoms with Gasteiger partial charge in [-0.1, -0.05) is 11.6 Å². The topological polar surface area (TPSA) is 50.2 Å². The van der Waals surface area contributed by atoms with E-state index in [0.29, 0.717) is 6.20 Å². The van der Waals surface area contributed by atoms with Crippen molar-refractivity contribution in [3.63, 3.8) is 0 Å². The van der Waals surface area contributed by atoms with Crippen LogP contribution in [0.15, 0.2) is 6.20 Å². The molecule has 0 aliphatic carbocycles. The van der Waals surface area contributed by atoms with Crippen molar-refractivity contribution >= 4 is 17.6 Å². The van der Waals surface area contributed by atoms with E-state index >= 15 is 0 Å². The zero-order chi connectivity index (χ0) is 11.6. The number of hydrogen-bond acceptors (Lipinski definition) is 2. The van der Waals surface area contributed by atoms with E-state index in [-0.39, 0.29) is 5.69 Å². The number of carboxylic acid groups (broad SMARTS) is 1. The molecule has 1 heterocycles. The normalized spacial score (nSPS) is 10.7. The van der Waals surface area contributed by atoms with Crippen molar-refractivity contribution in [2.75, 3.05) is 0 Å². The predicted octanol–water partition coefficient (Wildman–Crippen LogP) is 2.44. The number of halogens is 4. The van der Waals surface area contributed by atoms with E-state index in [1.807, 2.05) is 0 Å². The summed E-state index contributed by atoms with van der Waals surface area (Å²) in [6, 6.07) is 0. The fourth-order valence-corrected chi connectivity index (χ4v) is 1.16. The van der Waals surface area contributed by atoms with Crippen molar-refractivity contribution in [3.8, 4) is 0 Å². The smallest absolute Gasteiger partial charge is 0.309 e. The summed E-state index contributed by atoms with van der Waals surface area (Å²) < 4.78 is 37.4. The summed E-state index contributed by atoms with van der Waals surface area (Å²) >= 11 is 5.35. The van der Waals surface area contributed by atoms with Gasteiger partial charge in [0.1, 0.15) is 0 Å². The maximum atomic E-state index is 13.1. The fraction of sp³-hybridized carbons (Fsp3) is 0.250. The molecule has 15 heavy (non-hydrogen) atoms. The molecule has 0 saturated heterocycles. The molecule has 1 N–H and O–H groups in total. The van der Waals surface area contributed by atoms with Crippen LogP contribution in [0, 0.1) is 5.82 Å². The Morgan fingerprint density at radius 2 is 2.20 bits per heavy atom. The second-order valence-corrected chi connectivity index (χ2v) is 3.04. The third kappa shape index (κ3) is 2.59. The molecule has 0 fully saturated rings. The van der Waals surface area contributed by atoms with Crippen LogP contribution in [-0.2, 0) is 11.2 Å². The maximum Gasteiger partial charge on any atom is 0.309 e. The summed E-state index contributed by atoms with van der Waals surface area (Å²) in [5, 5.41) is 7.72. The highest BCUT2D eigenvalue weighted by Crippen LogP contribution is 2.28. The highest BCUT2D eigenvalue weighted by atomic mass is 35.5. The number of carbonyl (C=O) groups is 1. The molecule has 3 nitrogen and oxygen atoms in total. The minimum absolute atomic E-state index is 0.272. The molecule has 1 aromatic heterocycles. The van der Waals surface area contributed by atoms with Crippen molar-refractivity contribution in [2.45, 2.75) is 12.8 Å². The summed E-state index contributed by atoms with van der Waals surface area (Å²) in [7, 11) is 0. The molecular formula is C8H5ClF3NO2. The summed E-state index contributed by atoms with van der Waals surface area (Å²) in [4.78, 5) is 13.6. The second kappa shape index (κ2) is 4.48. The summed E-state index contributed by atoms with van der Waals surface area (Å²) in [5.74, 6) is -2.59. The lowest BCUT2D eigenvalue weighted by Crippen LogP contribution is -2.06. The van der Waals surface area contributed by atoms with E-state index in [1.54, 1.807) is 0 Å². The third-order valence-electron chi connectivity index (χ3n) is 1.61. The predicted molar refractivity (Wildman–Crippen MR) is 45.5 cm³/mol. The van der Waals surface area contributed by atoms with Gasteiger partial charge in [-0.05, 0) is 0 Å². The van der Waals surface area contributed by atoms with E-state index < -0.39 is 35.2 Å². The van der Waals surface area contributed by atoms with Crippen molar-refractivity contribution in [1.82, 2.24) is 4.98 Å². The first-order chi connectivity index (χ1) is 6.93. The number of aromatic nitrogens is 1. The Morgan fingerprint density at radius 3 is 2.67 bits per heavy atom. The first kappa shape index (κ1) is 11.8. The Bertz CT molecular complexity index is 398. The van der Waals surface area contributed by atoms with E-state index in [4.69, 9.17) is 16.7 Å². The van der Waals surface area contributed by atoms with Crippen molar-refractivity contribution in [2.24, 2.45) is 0 Å². The van der Waals surface area contributed by atoms with Gasteiger partial charge in [-0.2, -0.15) is 0 Å². The standard InChI is InChI=1S/C8H5ClF3NO2/c9-6-4(1-5(14)15)13-2-3(7(6)10)8(11)12/h2,8H,1H2,(H,14,15). The number of alkyl halides is 2. The molecule has 0 bridgehead atoms. The monoisotopic (exact) mass is 239 g/mol. The number of carboxylic acids is 1. The van der Waals surface area contributed by atoms with Crippen LogP contribution in [0.5, 0.6) is 0 Å². The highest BCUT2D eigenvalue weighted by molar-refractivity contribution is 6.31. The van der Waals surface area contributed by atoms with Crippen LogP contribution in [0.1, 0.15) is 17.7 Å². The SMILES string of the molecule is O=C(O)Cc1ncc(C(F)F)c(F)c1Cl. The van der Waals surface area contributed by atoms with Crippen molar-refractivity contribution in [3.05, 3.63) is 28.3 Å². The van der Waals surface area contributed by atoms with E-state index in [0.717, 1.165) is 0 Å². The van der Waals surface area contributed by atoms with E-state index in [2.05, 4.69) is 4.98 Å². The van der Waals surface area contributed by atoms with E-state index in [1.165, 1.54) is 0 Å². The summed E-state index contributed by atoms with van der Waals surface area (Å²) in [5.41, 5.74) is -1.21. The molecule has 0 amide bonds. The highest BCUT2D eigenvalue weighted by Gasteiger charge is 2.20. The lowest BCUT2D eigenvalue weighted by molar-refractivity contribution is -0.136. The molecule has 1 rings (SSSR count). The Kier molecular flexibility index (Phi) is 3.52. The number of hydrogen-bond donors (Lipinski definition) is 1. The van der Waals surface area contributed by atoms with Crippen LogP contribution in [-0.4, -0.2) is 16.1 Å². The molecule has 0 aliphatic rings. The Balaban J connectivity index is 3.15. The Morgan fingerprint density at radius 1 is 1.60 bits per heavy atom. The second-order valence-electron chi connectivity index (χ2n) is 2.66. The van der Waals surface area contributed by atoms with Gasteiger partial charge < -0.3 is 5.11 Å². The van der Waals surface area contributed by atoms with Crippen molar-refractivity contribution in [1.29, 1.82) is 0 Å². The van der Waals surface area contributed by atoms with Crippen molar-refractivity contribution < 1.29 is 23.1 Å². The minimum Gasteiger partial charge on any atom is -0.481 e. The molecule has 0 saturated carbocycles. The molecule has 7 heteroatoms. The molecule has 0 aliphatic heterocycles. The lowest BCUT2D eigenvalue weighted by atomic mass is 10.2. The quantitative estimate of drug-likeness (QED) is 0.881. The zero-order valence-electron chi connectivity index (χ0n) is 7.18. The summed E-state index contributed by atoms with van der Waals surface area (Å²) in [6.45, 7) is 0.